The standard InChI is InChI=1S/C24H23Cl2N5O2/c1-13-18-12-30(9-14-3-4-16(25)7-20(14)32)10-15(18)11-31(13)23-17(8-27)24(33)29(2)19-5-6-21(26)28-22(19)23/h3-7,13,15,18,32H,9-12H2,1-2H3/t13-,15+,18-/m1/s1. The molecule has 9 heteroatoms. The number of aryl methyl sites for hydroxylation is 1. The largest absolute Gasteiger partial charge is 0.508 e. The quantitative estimate of drug-likeness (QED) is 0.570. The molecular formula is C24H23Cl2N5O2. The number of benzene rings is 1. The van der Waals surface area contributed by atoms with Crippen molar-refractivity contribution in [2.75, 3.05) is 24.5 Å². The summed E-state index contributed by atoms with van der Waals surface area (Å²) in [5.74, 6) is 0.950. The van der Waals surface area contributed by atoms with E-state index in [4.69, 9.17) is 23.2 Å². The zero-order chi connectivity index (χ0) is 23.4. The summed E-state index contributed by atoms with van der Waals surface area (Å²) >= 11 is 12.2. The lowest BCUT2D eigenvalue weighted by molar-refractivity contribution is 0.297. The molecule has 2 aliphatic rings. The van der Waals surface area contributed by atoms with Gasteiger partial charge in [-0.05, 0) is 43.0 Å². The predicted molar refractivity (Wildman–Crippen MR) is 129 cm³/mol. The lowest BCUT2D eigenvalue weighted by Crippen LogP contribution is -2.37. The first-order chi connectivity index (χ1) is 15.8. The third-order valence-corrected chi connectivity index (χ3v) is 7.58. The molecule has 33 heavy (non-hydrogen) atoms. The van der Waals surface area contributed by atoms with E-state index in [1.165, 1.54) is 4.57 Å². The van der Waals surface area contributed by atoms with Gasteiger partial charge in [-0.1, -0.05) is 29.3 Å². The van der Waals surface area contributed by atoms with Gasteiger partial charge in [-0.15, -0.1) is 0 Å². The van der Waals surface area contributed by atoms with E-state index in [1.807, 2.05) is 6.07 Å². The van der Waals surface area contributed by atoms with Crippen molar-refractivity contribution in [1.29, 1.82) is 5.26 Å². The topological polar surface area (TPSA) is 85.4 Å². The molecule has 0 amide bonds. The summed E-state index contributed by atoms with van der Waals surface area (Å²) in [5, 5.41) is 20.9. The molecule has 0 bridgehead atoms. The van der Waals surface area contributed by atoms with E-state index in [2.05, 4.69) is 27.8 Å². The van der Waals surface area contributed by atoms with Crippen LogP contribution in [0.1, 0.15) is 18.1 Å². The fourth-order valence-electron chi connectivity index (χ4n) is 5.46. The number of likely N-dealkylation sites (tertiary alicyclic amines) is 1. The number of hydrogen-bond acceptors (Lipinski definition) is 6. The Balaban J connectivity index is 1.46. The summed E-state index contributed by atoms with van der Waals surface area (Å²) in [7, 11) is 1.65. The second-order valence-electron chi connectivity index (χ2n) is 8.99. The normalized spacial score (nSPS) is 22.6. The fraction of sp³-hybridized carbons (Fsp3) is 0.375. The van der Waals surface area contributed by atoms with Crippen LogP contribution in [0.2, 0.25) is 10.2 Å². The van der Waals surface area contributed by atoms with Gasteiger partial charge in [0.05, 0.1) is 11.2 Å². The maximum Gasteiger partial charge on any atom is 0.270 e. The van der Waals surface area contributed by atoms with Crippen LogP contribution >= 0.6 is 23.2 Å². The minimum Gasteiger partial charge on any atom is -0.508 e. The van der Waals surface area contributed by atoms with E-state index in [1.54, 1.807) is 31.3 Å². The Morgan fingerprint density at radius 1 is 1.21 bits per heavy atom. The summed E-state index contributed by atoms with van der Waals surface area (Å²) in [6, 6.07) is 10.9. The molecule has 7 nitrogen and oxygen atoms in total. The second-order valence-corrected chi connectivity index (χ2v) is 9.81. The van der Waals surface area contributed by atoms with Crippen LogP contribution in [-0.2, 0) is 13.6 Å². The van der Waals surface area contributed by atoms with Gasteiger partial charge in [0.2, 0.25) is 0 Å². The fourth-order valence-corrected chi connectivity index (χ4v) is 5.78. The molecule has 2 fully saturated rings. The number of fused-ring (bicyclic) bond motifs is 2. The van der Waals surface area contributed by atoms with Crippen LogP contribution in [0.25, 0.3) is 11.0 Å². The van der Waals surface area contributed by atoms with E-state index < -0.39 is 0 Å². The number of hydrogen-bond donors (Lipinski definition) is 1. The van der Waals surface area contributed by atoms with Gasteiger partial charge in [-0.3, -0.25) is 9.69 Å². The van der Waals surface area contributed by atoms with E-state index >= 15 is 0 Å². The van der Waals surface area contributed by atoms with Crippen LogP contribution in [0.4, 0.5) is 5.69 Å². The molecule has 2 aliphatic heterocycles. The third-order valence-electron chi connectivity index (χ3n) is 7.13. The number of aromatic nitrogens is 2. The number of pyridine rings is 2. The average molecular weight is 484 g/mol. The Hall–Kier alpha value is -2.79. The number of phenolic OH excluding ortho intramolecular Hbond substituents is 1. The number of nitriles is 1. The zero-order valence-electron chi connectivity index (χ0n) is 18.3. The van der Waals surface area contributed by atoms with E-state index in [0.717, 1.165) is 25.2 Å². The summed E-state index contributed by atoms with van der Waals surface area (Å²) in [6.45, 7) is 5.25. The van der Waals surface area contributed by atoms with Gasteiger partial charge in [0.25, 0.3) is 5.56 Å². The van der Waals surface area contributed by atoms with Gasteiger partial charge in [-0.2, -0.15) is 5.26 Å². The molecule has 4 heterocycles. The molecule has 170 valence electrons. The SMILES string of the molecule is C[C@@H]1[C@H]2CN(Cc3ccc(Cl)cc3O)C[C@H]2CN1c1c(C#N)c(=O)n(C)c2ccc(Cl)nc12. The lowest BCUT2D eigenvalue weighted by atomic mass is 9.95. The highest BCUT2D eigenvalue weighted by atomic mass is 35.5. The molecule has 2 saturated heterocycles. The minimum atomic E-state index is -0.326. The number of halogens is 2. The van der Waals surface area contributed by atoms with Crippen molar-refractivity contribution in [2.24, 2.45) is 18.9 Å². The molecule has 1 N–H and O–H groups in total. The van der Waals surface area contributed by atoms with Gasteiger partial charge < -0.3 is 14.6 Å². The van der Waals surface area contributed by atoms with Crippen LogP contribution in [0.5, 0.6) is 5.75 Å². The summed E-state index contributed by atoms with van der Waals surface area (Å²) in [5.41, 5.74) is 2.45. The first-order valence-electron chi connectivity index (χ1n) is 10.8. The van der Waals surface area contributed by atoms with Crippen LogP contribution in [-0.4, -0.2) is 45.2 Å². The van der Waals surface area contributed by atoms with Crippen molar-refractivity contribution in [3.05, 3.63) is 62.0 Å². The van der Waals surface area contributed by atoms with E-state index in [9.17, 15) is 15.2 Å². The lowest BCUT2D eigenvalue weighted by Gasteiger charge is -2.30. The number of anilines is 1. The predicted octanol–water partition coefficient (Wildman–Crippen LogP) is 3.77. The number of rotatable bonds is 3. The van der Waals surface area contributed by atoms with Gasteiger partial charge in [0, 0.05) is 49.9 Å². The number of nitrogens with zero attached hydrogens (tertiary/aromatic N) is 5. The highest BCUT2D eigenvalue weighted by Gasteiger charge is 2.46. The van der Waals surface area contributed by atoms with Crippen LogP contribution in [0, 0.1) is 23.2 Å². The molecule has 0 radical (unpaired) electrons. The van der Waals surface area contributed by atoms with Crippen molar-refractivity contribution >= 4 is 39.9 Å². The molecule has 3 aromatic rings. The van der Waals surface area contributed by atoms with E-state index in [-0.39, 0.29) is 22.9 Å². The molecule has 0 unspecified atom stereocenters. The Morgan fingerprint density at radius 2 is 2.00 bits per heavy atom. The van der Waals surface area contributed by atoms with Gasteiger partial charge in [0.1, 0.15) is 28.1 Å². The number of phenols is 1. The molecule has 1 aromatic carbocycles. The Morgan fingerprint density at radius 3 is 2.70 bits per heavy atom. The monoisotopic (exact) mass is 483 g/mol. The summed E-state index contributed by atoms with van der Waals surface area (Å²) in [6.07, 6.45) is 0. The maximum atomic E-state index is 13.0. The number of aromatic hydroxyl groups is 1. The summed E-state index contributed by atoms with van der Waals surface area (Å²) in [4.78, 5) is 22.0. The highest BCUT2D eigenvalue weighted by Crippen LogP contribution is 2.42. The Labute approximate surface area is 201 Å². The van der Waals surface area contributed by atoms with Crippen LogP contribution in [0.15, 0.2) is 35.1 Å². The van der Waals surface area contributed by atoms with Crippen molar-refractivity contribution < 1.29 is 5.11 Å². The smallest absolute Gasteiger partial charge is 0.270 e. The van der Waals surface area contributed by atoms with Gasteiger partial charge >= 0.3 is 0 Å². The molecule has 2 aromatic heterocycles. The third kappa shape index (κ3) is 3.63. The zero-order valence-corrected chi connectivity index (χ0v) is 19.8. The molecule has 0 spiro atoms. The second kappa shape index (κ2) is 8.21. The maximum absolute atomic E-state index is 13.0. The van der Waals surface area contributed by atoms with Crippen molar-refractivity contribution in [1.82, 2.24) is 14.5 Å². The van der Waals surface area contributed by atoms with Gasteiger partial charge in [-0.25, -0.2) is 4.98 Å². The molecular weight excluding hydrogens is 461 g/mol. The minimum absolute atomic E-state index is 0.106. The Bertz CT molecular complexity index is 1370. The summed E-state index contributed by atoms with van der Waals surface area (Å²) < 4.78 is 1.46. The highest BCUT2D eigenvalue weighted by molar-refractivity contribution is 6.30. The van der Waals surface area contributed by atoms with Crippen molar-refractivity contribution in [3.63, 3.8) is 0 Å². The van der Waals surface area contributed by atoms with Crippen molar-refractivity contribution in [3.8, 4) is 11.8 Å². The molecule has 5 rings (SSSR count). The van der Waals surface area contributed by atoms with Crippen molar-refractivity contribution in [2.45, 2.75) is 19.5 Å². The first-order valence-corrected chi connectivity index (χ1v) is 11.6. The van der Waals surface area contributed by atoms with Crippen LogP contribution < -0.4 is 10.5 Å². The van der Waals surface area contributed by atoms with Gasteiger partial charge in [0.15, 0.2) is 0 Å². The van der Waals surface area contributed by atoms with E-state index in [0.29, 0.717) is 45.3 Å². The first kappa shape index (κ1) is 22.0. The molecule has 0 aliphatic carbocycles. The van der Waals surface area contributed by atoms with Crippen LogP contribution in [0.3, 0.4) is 0 Å². The molecule has 3 atom stereocenters. The average Bonchev–Trinajstić information content (AvgIpc) is 3.30. The molecule has 0 saturated carbocycles. The Kier molecular flexibility index (Phi) is 5.48.